The number of carbonyl (C=O) groups is 1. The van der Waals surface area contributed by atoms with E-state index in [0.717, 1.165) is 68.6 Å². The normalized spacial score (nSPS) is 24.5. The highest BCUT2D eigenvalue weighted by Crippen LogP contribution is 2.42. The molecule has 2 aromatic rings. The summed E-state index contributed by atoms with van der Waals surface area (Å²) in [5, 5.41) is 4.37. The van der Waals surface area contributed by atoms with Crippen molar-refractivity contribution >= 4 is 22.9 Å². The zero-order valence-electron chi connectivity index (χ0n) is 18.3. The predicted octanol–water partition coefficient (Wildman–Crippen LogP) is 2.72. The molecule has 7 heteroatoms. The number of nitrogens with one attached hydrogen (secondary N) is 1. The minimum Gasteiger partial charge on any atom is -0.379 e. The zero-order valence-corrected chi connectivity index (χ0v) is 18.3. The van der Waals surface area contributed by atoms with Crippen LogP contribution in [0.1, 0.15) is 19.3 Å². The fraction of sp³-hybridized carbons (Fsp3) is 0.583. The van der Waals surface area contributed by atoms with Crippen molar-refractivity contribution < 1.29 is 13.9 Å². The Morgan fingerprint density at radius 2 is 2.00 bits per heavy atom. The van der Waals surface area contributed by atoms with E-state index in [1.807, 2.05) is 25.2 Å². The number of nitrogens with zero attached hydrogens (tertiary/aromatic N) is 3. The number of anilines is 1. The van der Waals surface area contributed by atoms with E-state index in [4.69, 9.17) is 4.74 Å². The zero-order chi connectivity index (χ0) is 21.6. The van der Waals surface area contributed by atoms with Gasteiger partial charge in [0.25, 0.3) is 0 Å². The van der Waals surface area contributed by atoms with Gasteiger partial charge in [0.2, 0.25) is 0 Å². The first kappa shape index (κ1) is 22.1. The molecule has 1 aromatic carbocycles. The van der Waals surface area contributed by atoms with Crippen LogP contribution in [0.25, 0.3) is 10.9 Å². The Labute approximate surface area is 183 Å². The minimum absolute atomic E-state index is 0.236. The Morgan fingerprint density at radius 1 is 1.19 bits per heavy atom. The maximum absolute atomic E-state index is 14.0. The molecule has 3 fully saturated rings. The highest BCUT2D eigenvalue weighted by atomic mass is 19.1. The van der Waals surface area contributed by atoms with E-state index in [9.17, 15) is 9.18 Å². The quantitative estimate of drug-likeness (QED) is 0.739. The van der Waals surface area contributed by atoms with Crippen LogP contribution in [0, 0.1) is 17.7 Å². The average molecular weight is 429 g/mol. The molecule has 0 amide bonds. The number of hydrogen-bond donors (Lipinski definition) is 1. The van der Waals surface area contributed by atoms with Gasteiger partial charge in [-0.05, 0) is 62.4 Å². The predicted molar refractivity (Wildman–Crippen MR) is 121 cm³/mol. The smallest absolute Gasteiger partial charge is 0.149 e. The van der Waals surface area contributed by atoms with Gasteiger partial charge in [-0.1, -0.05) is 0 Å². The van der Waals surface area contributed by atoms with E-state index >= 15 is 0 Å². The fourth-order valence-electron chi connectivity index (χ4n) is 4.74. The highest BCUT2D eigenvalue weighted by molar-refractivity contribution is 5.92. The number of hydrogen-bond acceptors (Lipinski definition) is 6. The lowest BCUT2D eigenvalue weighted by Crippen LogP contribution is -2.49. The summed E-state index contributed by atoms with van der Waals surface area (Å²) in [6.45, 7) is 5.97. The topological polar surface area (TPSA) is 57.7 Å². The van der Waals surface area contributed by atoms with Crippen LogP contribution in [0.3, 0.4) is 0 Å². The van der Waals surface area contributed by atoms with Gasteiger partial charge in [-0.3, -0.25) is 9.88 Å². The van der Waals surface area contributed by atoms with E-state index in [1.54, 1.807) is 12.3 Å². The van der Waals surface area contributed by atoms with Crippen LogP contribution in [0.5, 0.6) is 0 Å². The first-order valence-electron chi connectivity index (χ1n) is 11.4. The Kier molecular flexibility index (Phi) is 7.48. The second-order valence-corrected chi connectivity index (χ2v) is 8.77. The summed E-state index contributed by atoms with van der Waals surface area (Å²) in [5.74, 6) is 1.41. The molecule has 3 aliphatic rings. The molecule has 1 saturated carbocycles. The molecule has 168 valence electrons. The molecular formula is C24H33FN4O2. The molecule has 0 radical (unpaired) electrons. The molecule has 2 unspecified atom stereocenters. The Morgan fingerprint density at radius 3 is 2.71 bits per heavy atom. The van der Waals surface area contributed by atoms with Gasteiger partial charge < -0.3 is 19.7 Å². The number of aromatic nitrogens is 1. The molecule has 2 atom stereocenters. The Balaban J connectivity index is 0.000000217. The Hall–Kier alpha value is -2.09. The largest absolute Gasteiger partial charge is 0.379 e. The summed E-state index contributed by atoms with van der Waals surface area (Å²) < 4.78 is 19.1. The summed E-state index contributed by atoms with van der Waals surface area (Å²) in [6, 6.07) is 7.86. The first-order valence-corrected chi connectivity index (χ1v) is 11.4. The van der Waals surface area contributed by atoms with Crippen LogP contribution in [0.15, 0.2) is 30.5 Å². The van der Waals surface area contributed by atoms with Crippen LogP contribution in [0.4, 0.5) is 10.1 Å². The van der Waals surface area contributed by atoms with Crippen LogP contribution >= 0.6 is 0 Å². The van der Waals surface area contributed by atoms with Gasteiger partial charge in [0.1, 0.15) is 17.6 Å². The van der Waals surface area contributed by atoms with Crippen molar-refractivity contribution in [1.82, 2.24) is 15.2 Å². The summed E-state index contributed by atoms with van der Waals surface area (Å²) >= 11 is 0. The van der Waals surface area contributed by atoms with E-state index in [2.05, 4.69) is 20.1 Å². The van der Waals surface area contributed by atoms with Crippen LogP contribution in [-0.2, 0) is 9.53 Å². The van der Waals surface area contributed by atoms with Crippen molar-refractivity contribution in [2.45, 2.75) is 25.3 Å². The van der Waals surface area contributed by atoms with Gasteiger partial charge in [0.05, 0.1) is 19.8 Å². The molecule has 31 heavy (non-hydrogen) atoms. The third kappa shape index (κ3) is 5.59. The van der Waals surface area contributed by atoms with Crippen molar-refractivity contribution in [2.75, 3.05) is 57.9 Å². The van der Waals surface area contributed by atoms with Crippen molar-refractivity contribution in [3.63, 3.8) is 0 Å². The molecule has 3 heterocycles. The highest BCUT2D eigenvalue weighted by Gasteiger charge is 2.37. The maximum Gasteiger partial charge on any atom is 0.149 e. The minimum atomic E-state index is -0.236. The van der Waals surface area contributed by atoms with Crippen molar-refractivity contribution in [2.24, 2.45) is 11.8 Å². The van der Waals surface area contributed by atoms with Crippen LogP contribution < -0.4 is 10.2 Å². The number of ether oxygens (including phenoxy) is 1. The lowest BCUT2D eigenvalue weighted by atomic mass is 9.89. The van der Waals surface area contributed by atoms with E-state index in [1.165, 1.54) is 19.3 Å². The number of likely N-dealkylation sites (N-methyl/N-ethyl adjacent to an activating group) is 1. The number of pyridine rings is 1. The first-order chi connectivity index (χ1) is 15.2. The standard InChI is InChI=1S/C18H22FN3.C6H11NO2/c1-20-14-9-13(12-4-5-12)10-22(11-14)17-7-6-16(19)18-15(17)3-2-8-21-18;8-4-1-7-2-5-9-6-3-7/h2-3,6-8,12-14,20H,4-5,9-11H2,1H3;4H,1-3,5-6H2. The third-order valence-corrected chi connectivity index (χ3v) is 6.65. The second-order valence-electron chi connectivity index (χ2n) is 8.77. The van der Waals surface area contributed by atoms with E-state index in [0.29, 0.717) is 18.1 Å². The molecule has 1 N–H and O–H groups in total. The third-order valence-electron chi connectivity index (χ3n) is 6.65. The molecule has 2 aliphatic heterocycles. The van der Waals surface area contributed by atoms with E-state index in [-0.39, 0.29) is 5.82 Å². The number of carbonyl (C=O) groups excluding carboxylic acids is 1. The number of rotatable bonds is 5. The SMILES string of the molecule is CNC1CC(C2CC2)CN(c2ccc(F)c3ncccc23)C1.O=CCN1CCOCC1. The average Bonchev–Trinajstić information content (AvgIpc) is 3.66. The van der Waals surface area contributed by atoms with Crippen molar-refractivity contribution in [1.29, 1.82) is 0 Å². The van der Waals surface area contributed by atoms with E-state index < -0.39 is 0 Å². The van der Waals surface area contributed by atoms with Gasteiger partial charge in [-0.25, -0.2) is 4.39 Å². The molecule has 0 bridgehead atoms. The van der Waals surface area contributed by atoms with Crippen molar-refractivity contribution in [3.8, 4) is 0 Å². The monoisotopic (exact) mass is 428 g/mol. The number of fused-ring (bicyclic) bond motifs is 1. The van der Waals surface area contributed by atoms with Crippen molar-refractivity contribution in [3.05, 3.63) is 36.3 Å². The number of morpholine rings is 1. The Bertz CT molecular complexity index is 870. The van der Waals surface area contributed by atoms with Gasteiger partial charge >= 0.3 is 0 Å². The molecule has 6 nitrogen and oxygen atoms in total. The van der Waals surface area contributed by atoms with Gasteiger partial charge in [-0.15, -0.1) is 0 Å². The summed E-state index contributed by atoms with van der Waals surface area (Å²) in [7, 11) is 2.04. The lowest BCUT2D eigenvalue weighted by molar-refractivity contribution is -0.109. The van der Waals surface area contributed by atoms with Gasteiger partial charge in [0, 0.05) is 49.5 Å². The van der Waals surface area contributed by atoms with Crippen LogP contribution in [-0.4, -0.2) is 75.2 Å². The lowest BCUT2D eigenvalue weighted by Gasteiger charge is -2.39. The van der Waals surface area contributed by atoms with Crippen LogP contribution in [0.2, 0.25) is 0 Å². The number of halogens is 1. The summed E-state index contributed by atoms with van der Waals surface area (Å²) in [6.07, 6.45) is 6.61. The second kappa shape index (κ2) is 10.5. The summed E-state index contributed by atoms with van der Waals surface area (Å²) in [4.78, 5) is 18.7. The number of piperidine rings is 1. The van der Waals surface area contributed by atoms with Gasteiger partial charge in [-0.2, -0.15) is 0 Å². The molecule has 5 rings (SSSR count). The number of benzene rings is 1. The molecule has 0 spiro atoms. The summed E-state index contributed by atoms with van der Waals surface area (Å²) in [5.41, 5.74) is 1.60. The molecular weight excluding hydrogens is 395 g/mol. The number of aldehydes is 1. The van der Waals surface area contributed by atoms with Gasteiger partial charge in [0.15, 0.2) is 0 Å². The molecule has 2 saturated heterocycles. The molecule has 1 aromatic heterocycles. The maximum atomic E-state index is 14.0. The molecule has 1 aliphatic carbocycles. The fourth-order valence-corrected chi connectivity index (χ4v) is 4.74.